The molecule has 5 heteroatoms. The van der Waals surface area contributed by atoms with E-state index in [4.69, 9.17) is 4.74 Å². The van der Waals surface area contributed by atoms with Crippen molar-refractivity contribution in [2.45, 2.75) is 38.8 Å². The van der Waals surface area contributed by atoms with Crippen LogP contribution in [-0.4, -0.2) is 68.2 Å². The van der Waals surface area contributed by atoms with Crippen LogP contribution >= 0.6 is 0 Å². The zero-order chi connectivity index (χ0) is 18.7. The molecule has 3 aliphatic rings. The first kappa shape index (κ1) is 18.8. The first-order valence-corrected chi connectivity index (χ1v) is 10.5. The highest BCUT2D eigenvalue weighted by atomic mass is 16.5. The lowest BCUT2D eigenvalue weighted by Gasteiger charge is -2.26. The van der Waals surface area contributed by atoms with E-state index in [1.165, 1.54) is 24.8 Å². The fourth-order valence-electron chi connectivity index (χ4n) is 5.06. The summed E-state index contributed by atoms with van der Waals surface area (Å²) in [5.74, 6) is 1.76. The van der Waals surface area contributed by atoms with Gasteiger partial charge in [0.05, 0.1) is 6.61 Å². The van der Waals surface area contributed by atoms with Crippen LogP contribution in [0.2, 0.25) is 0 Å². The number of ether oxygens (including phenoxy) is 1. The molecule has 3 saturated heterocycles. The van der Waals surface area contributed by atoms with Gasteiger partial charge in [-0.05, 0) is 37.7 Å². The van der Waals surface area contributed by atoms with Gasteiger partial charge in [0.1, 0.15) is 0 Å². The summed E-state index contributed by atoms with van der Waals surface area (Å²) in [4.78, 5) is 9.62. The number of hydrogen-bond donors (Lipinski definition) is 1. The van der Waals surface area contributed by atoms with E-state index < -0.39 is 0 Å². The topological polar surface area (TPSA) is 40.1 Å². The number of nitrogens with zero attached hydrogens (tertiary/aromatic N) is 3. The molecule has 5 nitrogen and oxygen atoms in total. The fraction of sp³-hybridized carbons (Fsp3) is 0.682. The van der Waals surface area contributed by atoms with Gasteiger partial charge in [-0.1, -0.05) is 30.3 Å². The molecule has 4 rings (SSSR count). The van der Waals surface area contributed by atoms with Gasteiger partial charge in [0.25, 0.3) is 0 Å². The first-order valence-electron chi connectivity index (χ1n) is 10.5. The van der Waals surface area contributed by atoms with E-state index in [2.05, 4.69) is 57.4 Å². The number of nitrogens with one attached hydrogen (secondary N) is 1. The van der Waals surface area contributed by atoms with Crippen molar-refractivity contribution in [2.24, 2.45) is 16.3 Å². The summed E-state index contributed by atoms with van der Waals surface area (Å²) in [5, 5.41) is 3.67. The summed E-state index contributed by atoms with van der Waals surface area (Å²) in [6, 6.07) is 11.5. The van der Waals surface area contributed by atoms with Crippen LogP contribution < -0.4 is 5.32 Å². The van der Waals surface area contributed by atoms with Gasteiger partial charge < -0.3 is 15.0 Å². The maximum absolute atomic E-state index is 5.67. The third-order valence-corrected chi connectivity index (χ3v) is 6.70. The standard InChI is InChI=1S/C22H34N4O/c1-18-12-20(15-26(18)14-19-6-4-3-5-7-19)13-24-21(23-2)25-10-8-22(16-25)9-11-27-17-22/h3-7,18,20H,8-17H2,1-2H3,(H,23,24). The van der Waals surface area contributed by atoms with Crippen LogP contribution in [-0.2, 0) is 11.3 Å². The average Bonchev–Trinajstić information content (AvgIpc) is 3.40. The zero-order valence-corrected chi connectivity index (χ0v) is 16.9. The number of rotatable bonds is 4. The molecule has 3 atom stereocenters. The summed E-state index contributed by atoms with van der Waals surface area (Å²) in [7, 11) is 1.91. The molecule has 3 unspecified atom stereocenters. The zero-order valence-electron chi connectivity index (χ0n) is 16.9. The Balaban J connectivity index is 1.27. The van der Waals surface area contributed by atoms with Crippen molar-refractivity contribution in [2.75, 3.05) is 46.4 Å². The number of benzene rings is 1. The predicted octanol–water partition coefficient (Wildman–Crippen LogP) is 2.58. The Kier molecular flexibility index (Phi) is 5.69. The van der Waals surface area contributed by atoms with Crippen molar-refractivity contribution in [1.29, 1.82) is 0 Å². The van der Waals surface area contributed by atoms with Crippen LogP contribution in [0.15, 0.2) is 35.3 Å². The normalized spacial score (nSPS) is 31.9. The van der Waals surface area contributed by atoms with Gasteiger partial charge in [-0.3, -0.25) is 9.89 Å². The highest BCUT2D eigenvalue weighted by Crippen LogP contribution is 2.38. The summed E-state index contributed by atoms with van der Waals surface area (Å²) in [6.07, 6.45) is 3.70. The van der Waals surface area contributed by atoms with Crippen LogP contribution in [0.4, 0.5) is 0 Å². The van der Waals surface area contributed by atoms with E-state index in [1.54, 1.807) is 0 Å². The van der Waals surface area contributed by atoms with Gasteiger partial charge in [0.15, 0.2) is 5.96 Å². The molecule has 1 aromatic carbocycles. The smallest absolute Gasteiger partial charge is 0.193 e. The lowest BCUT2D eigenvalue weighted by molar-refractivity contribution is 0.156. The first-order chi connectivity index (χ1) is 13.2. The molecule has 0 bridgehead atoms. The fourth-order valence-corrected chi connectivity index (χ4v) is 5.06. The molecule has 1 spiro atoms. The molecule has 3 aliphatic heterocycles. The molecular formula is C22H34N4O. The Labute approximate surface area is 163 Å². The molecule has 0 saturated carbocycles. The van der Waals surface area contributed by atoms with Crippen LogP contribution in [0.25, 0.3) is 0 Å². The van der Waals surface area contributed by atoms with Gasteiger partial charge >= 0.3 is 0 Å². The lowest BCUT2D eigenvalue weighted by Crippen LogP contribution is -2.43. The lowest BCUT2D eigenvalue weighted by atomic mass is 9.87. The second-order valence-corrected chi connectivity index (χ2v) is 8.77. The quantitative estimate of drug-likeness (QED) is 0.653. The SMILES string of the molecule is CN=C(NCC1CC(C)N(Cc2ccccc2)C1)N1CCC2(CCOC2)C1. The second-order valence-electron chi connectivity index (χ2n) is 8.77. The maximum Gasteiger partial charge on any atom is 0.193 e. The summed E-state index contributed by atoms with van der Waals surface area (Å²) < 4.78 is 5.67. The Morgan fingerprint density at radius 3 is 2.89 bits per heavy atom. The highest BCUT2D eigenvalue weighted by Gasteiger charge is 2.42. The molecular weight excluding hydrogens is 336 g/mol. The van der Waals surface area contributed by atoms with E-state index >= 15 is 0 Å². The molecule has 1 aromatic rings. The average molecular weight is 371 g/mol. The molecule has 27 heavy (non-hydrogen) atoms. The van der Waals surface area contributed by atoms with Gasteiger partial charge in [0.2, 0.25) is 0 Å². The van der Waals surface area contributed by atoms with E-state index in [9.17, 15) is 0 Å². The van der Waals surface area contributed by atoms with Crippen LogP contribution in [0.5, 0.6) is 0 Å². The molecule has 3 heterocycles. The largest absolute Gasteiger partial charge is 0.381 e. The third kappa shape index (κ3) is 4.30. The Bertz CT molecular complexity index is 641. The van der Waals surface area contributed by atoms with Crippen LogP contribution in [0.3, 0.4) is 0 Å². The molecule has 1 N–H and O–H groups in total. The van der Waals surface area contributed by atoms with E-state index in [1.807, 2.05) is 7.05 Å². The molecule has 0 radical (unpaired) electrons. The molecule has 0 aromatic heterocycles. The second kappa shape index (κ2) is 8.19. The number of likely N-dealkylation sites (tertiary alicyclic amines) is 2. The molecule has 0 amide bonds. The summed E-state index contributed by atoms with van der Waals surface area (Å²) in [5.41, 5.74) is 1.79. The monoisotopic (exact) mass is 370 g/mol. The highest BCUT2D eigenvalue weighted by molar-refractivity contribution is 5.80. The van der Waals surface area contributed by atoms with Gasteiger partial charge in [0, 0.05) is 57.8 Å². The van der Waals surface area contributed by atoms with Crippen molar-refractivity contribution in [3.05, 3.63) is 35.9 Å². The Hall–Kier alpha value is -1.59. The Morgan fingerprint density at radius 2 is 2.15 bits per heavy atom. The minimum absolute atomic E-state index is 0.381. The summed E-state index contributed by atoms with van der Waals surface area (Å²) >= 11 is 0. The van der Waals surface area contributed by atoms with Crippen molar-refractivity contribution >= 4 is 5.96 Å². The third-order valence-electron chi connectivity index (χ3n) is 6.70. The predicted molar refractivity (Wildman–Crippen MR) is 110 cm³/mol. The van der Waals surface area contributed by atoms with E-state index in [-0.39, 0.29) is 0 Å². The van der Waals surface area contributed by atoms with Crippen molar-refractivity contribution in [3.8, 4) is 0 Å². The van der Waals surface area contributed by atoms with Crippen LogP contribution in [0.1, 0.15) is 31.7 Å². The Morgan fingerprint density at radius 1 is 1.30 bits per heavy atom. The number of guanidine groups is 1. The molecule has 0 aliphatic carbocycles. The summed E-state index contributed by atoms with van der Waals surface area (Å²) in [6.45, 7) is 9.65. The van der Waals surface area contributed by atoms with Gasteiger partial charge in [-0.25, -0.2) is 0 Å². The van der Waals surface area contributed by atoms with E-state index in [0.717, 1.165) is 51.9 Å². The van der Waals surface area contributed by atoms with Crippen LogP contribution in [0, 0.1) is 11.3 Å². The minimum atomic E-state index is 0.381. The van der Waals surface area contributed by atoms with Crippen molar-refractivity contribution < 1.29 is 4.74 Å². The van der Waals surface area contributed by atoms with Crippen molar-refractivity contribution in [1.82, 2.24) is 15.1 Å². The van der Waals surface area contributed by atoms with Gasteiger partial charge in [-0.2, -0.15) is 0 Å². The number of hydrogen-bond acceptors (Lipinski definition) is 3. The minimum Gasteiger partial charge on any atom is -0.381 e. The molecule has 3 fully saturated rings. The van der Waals surface area contributed by atoms with Gasteiger partial charge in [-0.15, -0.1) is 0 Å². The van der Waals surface area contributed by atoms with Crippen molar-refractivity contribution in [3.63, 3.8) is 0 Å². The maximum atomic E-state index is 5.67. The molecule has 148 valence electrons. The van der Waals surface area contributed by atoms with E-state index in [0.29, 0.717) is 17.4 Å². The number of aliphatic imine (C=N–C) groups is 1.